The Labute approximate surface area is 128 Å². The molecule has 6 heteroatoms. The summed E-state index contributed by atoms with van der Waals surface area (Å²) >= 11 is 0. The van der Waals surface area contributed by atoms with Gasteiger partial charge in [-0.25, -0.2) is 13.1 Å². The minimum absolute atomic E-state index is 0.285. The first kappa shape index (κ1) is 18.1. The van der Waals surface area contributed by atoms with Crippen molar-refractivity contribution in [3.05, 3.63) is 29.3 Å². The second kappa shape index (κ2) is 9.15. The van der Waals surface area contributed by atoms with Gasteiger partial charge in [-0.05, 0) is 50.1 Å². The fraction of sp³-hybridized carbons (Fsp3) is 0.600. The van der Waals surface area contributed by atoms with Crippen LogP contribution in [-0.2, 0) is 21.3 Å². The molecule has 2 N–H and O–H groups in total. The summed E-state index contributed by atoms with van der Waals surface area (Å²) in [6, 6.07) is 5.22. The second-order valence-electron chi connectivity index (χ2n) is 4.86. The lowest BCUT2D eigenvalue weighted by molar-refractivity contribution is 0.153. The summed E-state index contributed by atoms with van der Waals surface area (Å²) in [6.45, 7) is 8.82. The van der Waals surface area contributed by atoms with Crippen LogP contribution in [0.15, 0.2) is 23.1 Å². The lowest BCUT2D eigenvalue weighted by Crippen LogP contribution is -2.27. The summed E-state index contributed by atoms with van der Waals surface area (Å²) in [5.41, 5.74) is 2.10. The molecule has 1 aromatic rings. The zero-order valence-electron chi connectivity index (χ0n) is 13.1. The third kappa shape index (κ3) is 6.13. The van der Waals surface area contributed by atoms with Crippen LogP contribution in [0.5, 0.6) is 0 Å². The molecule has 0 saturated heterocycles. The summed E-state index contributed by atoms with van der Waals surface area (Å²) < 4.78 is 32.1. The Morgan fingerprint density at radius 1 is 1.19 bits per heavy atom. The van der Waals surface area contributed by atoms with E-state index in [-0.39, 0.29) is 6.54 Å². The van der Waals surface area contributed by atoms with Gasteiger partial charge in [-0.2, -0.15) is 0 Å². The van der Waals surface area contributed by atoms with Gasteiger partial charge >= 0.3 is 0 Å². The second-order valence-corrected chi connectivity index (χ2v) is 6.63. The molecule has 0 aliphatic heterocycles. The molecule has 1 rings (SSSR count). The van der Waals surface area contributed by atoms with E-state index in [2.05, 4.69) is 17.0 Å². The molecule has 0 amide bonds. The van der Waals surface area contributed by atoms with Crippen LogP contribution >= 0.6 is 0 Å². The molecule has 0 atom stereocenters. The van der Waals surface area contributed by atoms with Crippen molar-refractivity contribution in [2.75, 3.05) is 26.3 Å². The van der Waals surface area contributed by atoms with Crippen molar-refractivity contribution in [3.8, 4) is 0 Å². The Morgan fingerprint density at radius 3 is 2.62 bits per heavy atom. The number of nitrogens with one attached hydrogen (secondary N) is 2. The van der Waals surface area contributed by atoms with Crippen LogP contribution in [0.4, 0.5) is 0 Å². The average molecular weight is 314 g/mol. The number of hydrogen-bond acceptors (Lipinski definition) is 4. The zero-order chi connectivity index (χ0) is 15.7. The maximum absolute atomic E-state index is 12.2. The fourth-order valence-corrected chi connectivity index (χ4v) is 2.94. The number of aryl methyl sites for hydroxylation is 1. The molecule has 0 fully saturated rings. The van der Waals surface area contributed by atoms with Crippen LogP contribution in [-0.4, -0.2) is 34.7 Å². The monoisotopic (exact) mass is 314 g/mol. The van der Waals surface area contributed by atoms with Gasteiger partial charge in [0.2, 0.25) is 10.0 Å². The Balaban J connectivity index is 2.75. The van der Waals surface area contributed by atoms with Crippen LogP contribution in [0.2, 0.25) is 0 Å². The summed E-state index contributed by atoms with van der Waals surface area (Å²) in [6.07, 6.45) is 1.05. The van der Waals surface area contributed by atoms with E-state index >= 15 is 0 Å². The molecular formula is C15H26N2O3S. The van der Waals surface area contributed by atoms with Gasteiger partial charge in [-0.3, -0.25) is 0 Å². The first-order valence-corrected chi connectivity index (χ1v) is 8.87. The van der Waals surface area contributed by atoms with Gasteiger partial charge in [0.05, 0.1) is 11.5 Å². The highest BCUT2D eigenvalue weighted by Crippen LogP contribution is 2.15. The molecule has 0 saturated carbocycles. The first-order valence-electron chi connectivity index (χ1n) is 7.39. The van der Waals surface area contributed by atoms with Crippen LogP contribution in [0, 0.1) is 6.92 Å². The predicted octanol–water partition coefficient (Wildman–Crippen LogP) is 1.81. The van der Waals surface area contributed by atoms with Crippen molar-refractivity contribution in [2.45, 2.75) is 38.6 Å². The Morgan fingerprint density at radius 2 is 1.95 bits per heavy atom. The van der Waals surface area contributed by atoms with E-state index in [0.29, 0.717) is 24.7 Å². The Hall–Kier alpha value is -0.950. The summed E-state index contributed by atoms with van der Waals surface area (Å²) in [5.74, 6) is 0. The average Bonchev–Trinajstić information content (AvgIpc) is 2.45. The highest BCUT2D eigenvalue weighted by atomic mass is 32.2. The van der Waals surface area contributed by atoms with Gasteiger partial charge in [0.15, 0.2) is 0 Å². The van der Waals surface area contributed by atoms with Crippen molar-refractivity contribution >= 4 is 10.0 Å². The van der Waals surface area contributed by atoms with Crippen LogP contribution in [0.1, 0.15) is 31.4 Å². The highest BCUT2D eigenvalue weighted by molar-refractivity contribution is 7.89. The summed E-state index contributed by atoms with van der Waals surface area (Å²) in [5, 5.41) is 3.30. The van der Waals surface area contributed by atoms with E-state index in [1.807, 2.05) is 19.9 Å². The molecule has 0 aliphatic carbocycles. The maximum Gasteiger partial charge on any atom is 0.240 e. The van der Waals surface area contributed by atoms with Crippen LogP contribution < -0.4 is 10.0 Å². The standard InChI is InChI=1S/C15H26N2O3S/c1-4-8-16-12-14-11-15(7-6-13(14)3)21(18,19)17-9-10-20-5-2/h6-7,11,16-17H,4-5,8-10,12H2,1-3H3. The van der Waals surface area contributed by atoms with E-state index < -0.39 is 10.0 Å². The van der Waals surface area contributed by atoms with Crippen molar-refractivity contribution in [1.29, 1.82) is 0 Å². The van der Waals surface area contributed by atoms with Gasteiger partial charge in [-0.1, -0.05) is 13.0 Å². The molecule has 21 heavy (non-hydrogen) atoms. The van der Waals surface area contributed by atoms with E-state index in [1.54, 1.807) is 12.1 Å². The third-order valence-corrected chi connectivity index (χ3v) is 4.57. The predicted molar refractivity (Wildman–Crippen MR) is 84.9 cm³/mol. The van der Waals surface area contributed by atoms with Crippen molar-refractivity contribution in [2.24, 2.45) is 0 Å². The Kier molecular flexibility index (Phi) is 7.88. The van der Waals surface area contributed by atoms with Crippen LogP contribution in [0.3, 0.4) is 0 Å². The minimum atomic E-state index is -3.47. The number of hydrogen-bond donors (Lipinski definition) is 2. The molecule has 5 nitrogen and oxygen atoms in total. The first-order chi connectivity index (χ1) is 10.0. The van der Waals surface area contributed by atoms with Gasteiger partial charge in [-0.15, -0.1) is 0 Å². The molecule has 1 aromatic carbocycles. The highest BCUT2D eigenvalue weighted by Gasteiger charge is 2.14. The maximum atomic E-state index is 12.2. The van der Waals surface area contributed by atoms with Gasteiger partial charge in [0.1, 0.15) is 0 Å². The summed E-state index contributed by atoms with van der Waals surface area (Å²) in [4.78, 5) is 0.304. The van der Waals surface area contributed by atoms with Crippen molar-refractivity contribution in [1.82, 2.24) is 10.0 Å². The van der Waals surface area contributed by atoms with E-state index in [1.165, 1.54) is 0 Å². The van der Waals surface area contributed by atoms with Gasteiger partial charge < -0.3 is 10.1 Å². The molecule has 0 bridgehead atoms. The smallest absolute Gasteiger partial charge is 0.240 e. The number of benzene rings is 1. The molecule has 120 valence electrons. The van der Waals surface area contributed by atoms with Gasteiger partial charge in [0.25, 0.3) is 0 Å². The lowest BCUT2D eigenvalue weighted by atomic mass is 10.1. The molecule has 0 heterocycles. The normalized spacial score (nSPS) is 11.8. The number of sulfonamides is 1. The van der Waals surface area contributed by atoms with Gasteiger partial charge in [0, 0.05) is 19.7 Å². The molecule has 0 aromatic heterocycles. The quantitative estimate of drug-likeness (QED) is 0.646. The molecule has 0 radical (unpaired) electrons. The van der Waals surface area contributed by atoms with E-state index in [4.69, 9.17) is 4.74 Å². The van der Waals surface area contributed by atoms with Crippen molar-refractivity contribution < 1.29 is 13.2 Å². The number of ether oxygens (including phenoxy) is 1. The van der Waals surface area contributed by atoms with Crippen LogP contribution in [0.25, 0.3) is 0 Å². The molecule has 0 unspecified atom stereocenters. The topological polar surface area (TPSA) is 67.4 Å². The molecule has 0 aliphatic rings. The molecule has 0 spiro atoms. The fourth-order valence-electron chi connectivity index (χ4n) is 1.88. The molecular weight excluding hydrogens is 288 g/mol. The summed E-state index contributed by atoms with van der Waals surface area (Å²) in [7, 11) is -3.47. The van der Waals surface area contributed by atoms with E-state index in [0.717, 1.165) is 24.1 Å². The number of rotatable bonds is 10. The zero-order valence-corrected chi connectivity index (χ0v) is 13.9. The Bertz CT molecular complexity index is 530. The largest absolute Gasteiger partial charge is 0.380 e. The lowest BCUT2D eigenvalue weighted by Gasteiger charge is -2.11. The van der Waals surface area contributed by atoms with E-state index in [9.17, 15) is 8.42 Å². The van der Waals surface area contributed by atoms with Crippen molar-refractivity contribution in [3.63, 3.8) is 0 Å². The minimum Gasteiger partial charge on any atom is -0.380 e. The SMILES string of the molecule is CCCNCc1cc(S(=O)(=O)NCCOCC)ccc1C. The third-order valence-electron chi connectivity index (χ3n) is 3.12.